The summed E-state index contributed by atoms with van der Waals surface area (Å²) in [5.41, 5.74) is 2.95. The molecule has 1 atom stereocenters. The van der Waals surface area contributed by atoms with E-state index in [1.165, 1.54) is 44.1 Å². The minimum atomic E-state index is 0.519. The number of hydrogen-bond acceptors (Lipinski definition) is 2. The third-order valence-electron chi connectivity index (χ3n) is 4.24. The van der Waals surface area contributed by atoms with Crippen molar-refractivity contribution in [3.05, 3.63) is 41.5 Å². The Hall–Kier alpha value is -1.28. The molecule has 0 bridgehead atoms. The number of para-hydroxylation sites is 1. The van der Waals surface area contributed by atoms with Gasteiger partial charge in [0.05, 0.1) is 7.11 Å². The third-order valence-corrected chi connectivity index (χ3v) is 4.24. The number of allylic oxidation sites excluding steroid dienone is 1. The van der Waals surface area contributed by atoms with Crippen LogP contribution in [0.15, 0.2) is 35.9 Å². The van der Waals surface area contributed by atoms with Gasteiger partial charge in [0.2, 0.25) is 0 Å². The van der Waals surface area contributed by atoms with Gasteiger partial charge in [-0.15, -0.1) is 0 Å². The number of rotatable bonds is 8. The molecule has 1 aliphatic rings. The van der Waals surface area contributed by atoms with Crippen molar-refractivity contribution in [1.82, 2.24) is 5.32 Å². The fourth-order valence-electron chi connectivity index (χ4n) is 3.11. The number of methoxy groups -OCH3 is 1. The average molecular weight is 287 g/mol. The normalized spacial score (nSPS) is 16.4. The summed E-state index contributed by atoms with van der Waals surface area (Å²) >= 11 is 0. The van der Waals surface area contributed by atoms with Crippen LogP contribution in [0, 0.1) is 0 Å². The molecule has 0 saturated heterocycles. The van der Waals surface area contributed by atoms with E-state index in [4.69, 9.17) is 4.74 Å². The first-order chi connectivity index (χ1) is 10.3. The minimum absolute atomic E-state index is 0.519. The highest BCUT2D eigenvalue weighted by molar-refractivity contribution is 5.34. The Kier molecular flexibility index (Phi) is 6.81. The van der Waals surface area contributed by atoms with Crippen LogP contribution >= 0.6 is 0 Å². The van der Waals surface area contributed by atoms with Crippen molar-refractivity contribution in [2.45, 2.75) is 57.9 Å². The molecule has 1 aliphatic carbocycles. The van der Waals surface area contributed by atoms with Crippen LogP contribution in [0.5, 0.6) is 5.75 Å². The zero-order valence-corrected chi connectivity index (χ0v) is 13.5. The molecular weight excluding hydrogens is 258 g/mol. The first kappa shape index (κ1) is 16.1. The van der Waals surface area contributed by atoms with Crippen molar-refractivity contribution in [1.29, 1.82) is 0 Å². The van der Waals surface area contributed by atoms with Gasteiger partial charge in [-0.2, -0.15) is 0 Å². The van der Waals surface area contributed by atoms with Gasteiger partial charge in [-0.1, -0.05) is 36.8 Å². The maximum absolute atomic E-state index is 5.50. The number of nitrogens with one attached hydrogen (secondary N) is 1. The van der Waals surface area contributed by atoms with Crippen LogP contribution in [0.3, 0.4) is 0 Å². The Morgan fingerprint density at radius 2 is 2.05 bits per heavy atom. The van der Waals surface area contributed by atoms with Gasteiger partial charge < -0.3 is 10.1 Å². The molecule has 2 nitrogen and oxygen atoms in total. The predicted molar refractivity (Wildman–Crippen MR) is 89.9 cm³/mol. The maximum Gasteiger partial charge on any atom is 0.122 e. The van der Waals surface area contributed by atoms with Gasteiger partial charge >= 0.3 is 0 Å². The summed E-state index contributed by atoms with van der Waals surface area (Å²) in [5.74, 6) is 1.01. The second kappa shape index (κ2) is 8.89. The van der Waals surface area contributed by atoms with Gasteiger partial charge in [0.25, 0.3) is 0 Å². The van der Waals surface area contributed by atoms with E-state index in [9.17, 15) is 0 Å². The fourth-order valence-corrected chi connectivity index (χ4v) is 3.11. The van der Waals surface area contributed by atoms with Crippen molar-refractivity contribution in [3.63, 3.8) is 0 Å². The van der Waals surface area contributed by atoms with Gasteiger partial charge in [0, 0.05) is 6.04 Å². The summed E-state index contributed by atoms with van der Waals surface area (Å²) in [5, 5.41) is 3.72. The molecule has 0 heterocycles. The van der Waals surface area contributed by atoms with Crippen LogP contribution < -0.4 is 10.1 Å². The van der Waals surface area contributed by atoms with Gasteiger partial charge in [-0.25, -0.2) is 0 Å². The smallest absolute Gasteiger partial charge is 0.122 e. The Balaban J connectivity index is 2.02. The first-order valence-electron chi connectivity index (χ1n) is 8.36. The summed E-state index contributed by atoms with van der Waals surface area (Å²) < 4.78 is 5.50. The quantitative estimate of drug-likeness (QED) is 0.711. The molecule has 0 aliphatic heterocycles. The third kappa shape index (κ3) is 5.20. The second-order valence-electron chi connectivity index (χ2n) is 5.98. The van der Waals surface area contributed by atoms with Gasteiger partial charge in [0.15, 0.2) is 0 Å². The largest absolute Gasteiger partial charge is 0.496 e. The zero-order valence-electron chi connectivity index (χ0n) is 13.5. The molecule has 116 valence electrons. The van der Waals surface area contributed by atoms with E-state index < -0.39 is 0 Å². The lowest BCUT2D eigenvalue weighted by atomic mass is 9.91. The number of benzene rings is 1. The SMILES string of the molecule is CCCNC(CC1=CCCCC1)Cc1ccccc1OC. The van der Waals surface area contributed by atoms with E-state index in [0.29, 0.717) is 6.04 Å². The number of ether oxygens (including phenoxy) is 1. The van der Waals surface area contributed by atoms with Crippen molar-refractivity contribution in [2.75, 3.05) is 13.7 Å². The Morgan fingerprint density at radius 3 is 2.76 bits per heavy atom. The van der Waals surface area contributed by atoms with E-state index >= 15 is 0 Å². The van der Waals surface area contributed by atoms with Crippen LogP contribution in [-0.2, 0) is 6.42 Å². The molecule has 0 spiro atoms. The molecule has 2 rings (SSSR count). The monoisotopic (exact) mass is 287 g/mol. The van der Waals surface area contributed by atoms with Crippen LogP contribution in [-0.4, -0.2) is 19.7 Å². The average Bonchev–Trinajstić information content (AvgIpc) is 2.54. The second-order valence-corrected chi connectivity index (χ2v) is 5.98. The van der Waals surface area contributed by atoms with Gasteiger partial charge in [-0.05, 0) is 63.1 Å². The summed E-state index contributed by atoms with van der Waals surface area (Å²) in [6.07, 6.45) is 11.2. The molecule has 1 aromatic carbocycles. The topological polar surface area (TPSA) is 21.3 Å². The van der Waals surface area contributed by atoms with Crippen LogP contribution in [0.1, 0.15) is 51.0 Å². The highest BCUT2D eigenvalue weighted by Gasteiger charge is 2.15. The Bertz CT molecular complexity index is 453. The van der Waals surface area contributed by atoms with E-state index in [-0.39, 0.29) is 0 Å². The molecular formula is C19H29NO. The lowest BCUT2D eigenvalue weighted by molar-refractivity contribution is 0.403. The molecule has 2 heteroatoms. The molecule has 0 radical (unpaired) electrons. The van der Waals surface area contributed by atoms with Gasteiger partial charge in [0.1, 0.15) is 5.75 Å². The van der Waals surface area contributed by atoms with Gasteiger partial charge in [-0.3, -0.25) is 0 Å². The lowest BCUT2D eigenvalue weighted by Crippen LogP contribution is -2.32. The van der Waals surface area contributed by atoms with Crippen molar-refractivity contribution < 1.29 is 4.74 Å². The van der Waals surface area contributed by atoms with Crippen LogP contribution in [0.4, 0.5) is 0 Å². The van der Waals surface area contributed by atoms with E-state index in [1.54, 1.807) is 12.7 Å². The molecule has 0 saturated carbocycles. The zero-order chi connectivity index (χ0) is 14.9. The lowest BCUT2D eigenvalue weighted by Gasteiger charge is -2.23. The van der Waals surface area contributed by atoms with E-state index in [2.05, 4.69) is 36.5 Å². The molecule has 0 fully saturated rings. The molecule has 0 amide bonds. The summed E-state index contributed by atoms with van der Waals surface area (Å²) in [6, 6.07) is 8.92. The molecule has 1 N–H and O–H groups in total. The fraction of sp³-hybridized carbons (Fsp3) is 0.579. The van der Waals surface area contributed by atoms with Crippen molar-refractivity contribution in [3.8, 4) is 5.75 Å². The predicted octanol–water partition coefficient (Wildman–Crippen LogP) is 4.50. The molecule has 21 heavy (non-hydrogen) atoms. The summed E-state index contributed by atoms with van der Waals surface area (Å²) in [7, 11) is 1.76. The molecule has 1 unspecified atom stereocenters. The standard InChI is InChI=1S/C19H29NO/c1-3-13-20-18(14-16-9-5-4-6-10-16)15-17-11-7-8-12-19(17)21-2/h7-9,11-12,18,20H,3-6,10,13-15H2,1-2H3. The van der Waals surface area contributed by atoms with Crippen molar-refractivity contribution >= 4 is 0 Å². The van der Waals surface area contributed by atoms with Crippen LogP contribution in [0.2, 0.25) is 0 Å². The van der Waals surface area contributed by atoms with Crippen LogP contribution in [0.25, 0.3) is 0 Å². The minimum Gasteiger partial charge on any atom is -0.496 e. The number of hydrogen-bond donors (Lipinski definition) is 1. The maximum atomic E-state index is 5.50. The van der Waals surface area contributed by atoms with Crippen molar-refractivity contribution in [2.24, 2.45) is 0 Å². The van der Waals surface area contributed by atoms with E-state index in [1.807, 2.05) is 6.07 Å². The highest BCUT2D eigenvalue weighted by Crippen LogP contribution is 2.25. The summed E-state index contributed by atoms with van der Waals surface area (Å²) in [4.78, 5) is 0. The highest BCUT2D eigenvalue weighted by atomic mass is 16.5. The summed E-state index contributed by atoms with van der Waals surface area (Å²) in [6.45, 7) is 3.32. The Morgan fingerprint density at radius 1 is 1.19 bits per heavy atom. The Labute approximate surface area is 129 Å². The molecule has 1 aromatic rings. The molecule has 0 aromatic heterocycles. The first-order valence-corrected chi connectivity index (χ1v) is 8.36. The van der Waals surface area contributed by atoms with E-state index in [0.717, 1.165) is 18.7 Å².